The van der Waals surface area contributed by atoms with Gasteiger partial charge in [-0.15, -0.1) is 0 Å². The molecule has 0 amide bonds. The standard InChI is InChI=1S/C22H24F2O4/c1-2-26-21(25)10-5-11-27-22-19(23)13-16(14-20(22)24)15-6-3-9-18(12-15)28-17-7-4-8-17/h3,6,9,12-14,17H,2,4-5,7-8,10-11H2,1H3. The summed E-state index contributed by atoms with van der Waals surface area (Å²) in [5.74, 6) is -1.66. The molecular weight excluding hydrogens is 366 g/mol. The van der Waals surface area contributed by atoms with Crippen LogP contribution in [0, 0.1) is 11.6 Å². The van der Waals surface area contributed by atoms with Crippen LogP contribution in [0.25, 0.3) is 11.1 Å². The highest BCUT2D eigenvalue weighted by Crippen LogP contribution is 2.32. The molecule has 1 fully saturated rings. The molecule has 150 valence electrons. The Kier molecular flexibility index (Phi) is 6.85. The average molecular weight is 390 g/mol. The zero-order valence-electron chi connectivity index (χ0n) is 15.9. The van der Waals surface area contributed by atoms with Crippen molar-refractivity contribution in [2.75, 3.05) is 13.2 Å². The molecule has 2 aromatic rings. The van der Waals surface area contributed by atoms with Gasteiger partial charge in [0.05, 0.1) is 19.3 Å². The highest BCUT2D eigenvalue weighted by Gasteiger charge is 2.19. The highest BCUT2D eigenvalue weighted by atomic mass is 19.1. The van der Waals surface area contributed by atoms with Gasteiger partial charge in [-0.05, 0) is 68.0 Å². The Morgan fingerprint density at radius 3 is 2.50 bits per heavy atom. The number of carbonyl (C=O) groups is 1. The number of carbonyl (C=O) groups excluding carboxylic acids is 1. The molecule has 0 unspecified atom stereocenters. The summed E-state index contributed by atoms with van der Waals surface area (Å²) in [5, 5.41) is 0. The van der Waals surface area contributed by atoms with E-state index < -0.39 is 17.4 Å². The van der Waals surface area contributed by atoms with Crippen LogP contribution in [0.5, 0.6) is 11.5 Å². The molecule has 4 nitrogen and oxygen atoms in total. The molecule has 6 heteroatoms. The first kappa shape index (κ1) is 20.1. The van der Waals surface area contributed by atoms with Gasteiger partial charge in [-0.1, -0.05) is 12.1 Å². The van der Waals surface area contributed by atoms with Crippen molar-refractivity contribution in [2.45, 2.75) is 45.1 Å². The lowest BCUT2D eigenvalue weighted by molar-refractivity contribution is -0.143. The molecule has 0 aromatic heterocycles. The Balaban J connectivity index is 1.64. The molecule has 3 rings (SSSR count). The van der Waals surface area contributed by atoms with Crippen LogP contribution in [0.15, 0.2) is 36.4 Å². The second-order valence-corrected chi connectivity index (χ2v) is 6.72. The molecule has 1 aliphatic carbocycles. The van der Waals surface area contributed by atoms with E-state index in [2.05, 4.69) is 0 Å². The molecule has 1 saturated carbocycles. The quantitative estimate of drug-likeness (QED) is 0.431. The van der Waals surface area contributed by atoms with Crippen molar-refractivity contribution in [1.82, 2.24) is 0 Å². The molecule has 0 aliphatic heterocycles. The molecule has 0 spiro atoms. The molecule has 0 bridgehead atoms. The van der Waals surface area contributed by atoms with Crippen LogP contribution in [0.4, 0.5) is 8.78 Å². The van der Waals surface area contributed by atoms with Crippen molar-refractivity contribution < 1.29 is 27.8 Å². The van der Waals surface area contributed by atoms with Gasteiger partial charge in [0.1, 0.15) is 5.75 Å². The van der Waals surface area contributed by atoms with E-state index in [1.165, 1.54) is 18.6 Å². The van der Waals surface area contributed by atoms with Gasteiger partial charge < -0.3 is 14.2 Å². The Labute approximate surface area is 163 Å². The SMILES string of the molecule is CCOC(=O)CCCOc1c(F)cc(-c2cccc(OC3CCC3)c2)cc1F. The van der Waals surface area contributed by atoms with Crippen LogP contribution in [-0.4, -0.2) is 25.3 Å². The van der Waals surface area contributed by atoms with Crippen LogP contribution < -0.4 is 9.47 Å². The van der Waals surface area contributed by atoms with Crippen molar-refractivity contribution >= 4 is 5.97 Å². The van der Waals surface area contributed by atoms with Crippen LogP contribution in [-0.2, 0) is 9.53 Å². The highest BCUT2D eigenvalue weighted by molar-refractivity contribution is 5.69. The number of esters is 1. The summed E-state index contributed by atoms with van der Waals surface area (Å²) in [4.78, 5) is 11.3. The lowest BCUT2D eigenvalue weighted by atomic mass is 9.96. The summed E-state index contributed by atoms with van der Waals surface area (Å²) < 4.78 is 44.6. The zero-order valence-corrected chi connectivity index (χ0v) is 15.9. The third-order valence-electron chi connectivity index (χ3n) is 4.60. The first-order chi connectivity index (χ1) is 13.6. The number of hydrogen-bond acceptors (Lipinski definition) is 4. The predicted octanol–water partition coefficient (Wildman–Crippen LogP) is 5.29. The second kappa shape index (κ2) is 9.53. The summed E-state index contributed by atoms with van der Waals surface area (Å²) in [5.41, 5.74) is 1.08. The third-order valence-corrected chi connectivity index (χ3v) is 4.60. The number of halogens is 2. The van der Waals surface area contributed by atoms with E-state index in [4.69, 9.17) is 14.2 Å². The largest absolute Gasteiger partial charge is 0.490 e. The lowest BCUT2D eigenvalue weighted by Gasteiger charge is -2.26. The van der Waals surface area contributed by atoms with Crippen LogP contribution in [0.1, 0.15) is 39.0 Å². The molecule has 0 radical (unpaired) electrons. The molecular formula is C22H24F2O4. The van der Waals surface area contributed by atoms with Gasteiger partial charge in [-0.3, -0.25) is 4.79 Å². The van der Waals surface area contributed by atoms with E-state index >= 15 is 0 Å². The van der Waals surface area contributed by atoms with E-state index in [0.717, 1.165) is 12.8 Å². The number of ether oxygens (including phenoxy) is 3. The van der Waals surface area contributed by atoms with Gasteiger partial charge in [0.2, 0.25) is 0 Å². The van der Waals surface area contributed by atoms with Crippen molar-refractivity contribution in [3.63, 3.8) is 0 Å². The predicted molar refractivity (Wildman–Crippen MR) is 101 cm³/mol. The Morgan fingerprint density at radius 1 is 1.11 bits per heavy atom. The van der Waals surface area contributed by atoms with Crippen molar-refractivity contribution in [3.05, 3.63) is 48.0 Å². The summed E-state index contributed by atoms with van der Waals surface area (Å²) in [6, 6.07) is 9.70. The van der Waals surface area contributed by atoms with Crippen molar-refractivity contribution in [1.29, 1.82) is 0 Å². The number of hydrogen-bond donors (Lipinski definition) is 0. The maximum atomic E-state index is 14.4. The Morgan fingerprint density at radius 2 is 1.86 bits per heavy atom. The van der Waals surface area contributed by atoms with Gasteiger partial charge in [-0.25, -0.2) is 8.78 Å². The lowest BCUT2D eigenvalue weighted by Crippen LogP contribution is -2.24. The van der Waals surface area contributed by atoms with Crippen molar-refractivity contribution in [2.24, 2.45) is 0 Å². The van der Waals surface area contributed by atoms with E-state index in [1.54, 1.807) is 25.1 Å². The van der Waals surface area contributed by atoms with E-state index in [-0.39, 0.29) is 25.1 Å². The minimum atomic E-state index is -0.781. The zero-order chi connectivity index (χ0) is 19.9. The van der Waals surface area contributed by atoms with Gasteiger partial charge in [0.15, 0.2) is 17.4 Å². The Hall–Kier alpha value is -2.63. The first-order valence-corrected chi connectivity index (χ1v) is 9.61. The summed E-state index contributed by atoms with van der Waals surface area (Å²) in [7, 11) is 0. The topological polar surface area (TPSA) is 44.8 Å². The van der Waals surface area contributed by atoms with Gasteiger partial charge in [-0.2, -0.15) is 0 Å². The average Bonchev–Trinajstić information content (AvgIpc) is 2.64. The minimum absolute atomic E-state index is 0.0245. The Bertz CT molecular complexity index is 795. The monoisotopic (exact) mass is 390 g/mol. The molecule has 2 aromatic carbocycles. The maximum absolute atomic E-state index is 14.4. The molecule has 28 heavy (non-hydrogen) atoms. The molecule has 0 N–H and O–H groups in total. The third kappa shape index (κ3) is 5.21. The smallest absolute Gasteiger partial charge is 0.305 e. The van der Waals surface area contributed by atoms with Gasteiger partial charge in [0.25, 0.3) is 0 Å². The van der Waals surface area contributed by atoms with Gasteiger partial charge in [0, 0.05) is 6.42 Å². The van der Waals surface area contributed by atoms with Crippen LogP contribution in [0.3, 0.4) is 0 Å². The van der Waals surface area contributed by atoms with Crippen molar-refractivity contribution in [3.8, 4) is 22.6 Å². The van der Waals surface area contributed by atoms with E-state index in [1.807, 2.05) is 6.07 Å². The van der Waals surface area contributed by atoms with Crippen LogP contribution in [0.2, 0.25) is 0 Å². The molecule has 0 heterocycles. The molecule has 1 aliphatic rings. The summed E-state index contributed by atoms with van der Waals surface area (Å²) in [6.07, 6.45) is 3.94. The van der Waals surface area contributed by atoms with Gasteiger partial charge >= 0.3 is 5.97 Å². The van der Waals surface area contributed by atoms with E-state index in [0.29, 0.717) is 29.9 Å². The minimum Gasteiger partial charge on any atom is -0.490 e. The summed E-state index contributed by atoms with van der Waals surface area (Å²) >= 11 is 0. The van der Waals surface area contributed by atoms with Crippen LogP contribution >= 0.6 is 0 Å². The normalized spacial score (nSPS) is 13.7. The fraction of sp³-hybridized carbons (Fsp3) is 0.409. The maximum Gasteiger partial charge on any atom is 0.305 e. The molecule has 0 saturated heterocycles. The second-order valence-electron chi connectivity index (χ2n) is 6.72. The molecule has 0 atom stereocenters. The fourth-order valence-electron chi connectivity index (χ4n) is 2.92. The number of benzene rings is 2. The first-order valence-electron chi connectivity index (χ1n) is 9.61. The van der Waals surface area contributed by atoms with E-state index in [9.17, 15) is 13.6 Å². The summed E-state index contributed by atoms with van der Waals surface area (Å²) in [6.45, 7) is 2.05. The fourth-order valence-corrected chi connectivity index (χ4v) is 2.92. The number of rotatable bonds is 9.